The van der Waals surface area contributed by atoms with Gasteiger partial charge >= 0.3 is 0 Å². The zero-order valence-electron chi connectivity index (χ0n) is 16.3. The van der Waals surface area contributed by atoms with Crippen LogP contribution in [-0.2, 0) is 6.42 Å². The number of ether oxygens (including phenoxy) is 2. The van der Waals surface area contributed by atoms with Crippen molar-refractivity contribution >= 4 is 5.96 Å². The van der Waals surface area contributed by atoms with Crippen molar-refractivity contribution in [3.63, 3.8) is 0 Å². The van der Waals surface area contributed by atoms with E-state index in [0.717, 1.165) is 62.8 Å². The lowest BCUT2D eigenvalue weighted by Gasteiger charge is -2.29. The minimum Gasteiger partial charge on any atom is -0.454 e. The van der Waals surface area contributed by atoms with E-state index in [-0.39, 0.29) is 12.0 Å². The summed E-state index contributed by atoms with van der Waals surface area (Å²) in [4.78, 5) is 4.77. The van der Waals surface area contributed by atoms with Gasteiger partial charge in [-0.2, -0.15) is 0 Å². The van der Waals surface area contributed by atoms with Crippen LogP contribution in [0.5, 0.6) is 11.5 Å². The first-order chi connectivity index (χ1) is 12.7. The number of aliphatic hydroxyl groups is 1. The zero-order chi connectivity index (χ0) is 18.8. The lowest BCUT2D eigenvalue weighted by molar-refractivity contribution is 0.174. The third-order valence-corrected chi connectivity index (χ3v) is 5.20. The zero-order valence-corrected chi connectivity index (χ0v) is 16.3. The van der Waals surface area contributed by atoms with E-state index < -0.39 is 0 Å². The molecule has 1 aromatic carbocycles. The highest BCUT2D eigenvalue weighted by atomic mass is 16.7. The molecule has 3 N–H and O–H groups in total. The summed E-state index contributed by atoms with van der Waals surface area (Å²) < 4.78 is 10.8. The predicted octanol–water partition coefficient (Wildman–Crippen LogP) is 2.70. The summed E-state index contributed by atoms with van der Waals surface area (Å²) in [6, 6.07) is 6.07. The van der Waals surface area contributed by atoms with E-state index in [4.69, 9.17) is 14.5 Å². The van der Waals surface area contributed by atoms with Crippen molar-refractivity contribution < 1.29 is 14.6 Å². The quantitative estimate of drug-likeness (QED) is 0.440. The Kier molecular flexibility index (Phi) is 8.04. The van der Waals surface area contributed by atoms with Crippen LogP contribution in [0, 0.1) is 5.41 Å². The van der Waals surface area contributed by atoms with Crippen molar-refractivity contribution in [3.05, 3.63) is 23.8 Å². The highest BCUT2D eigenvalue weighted by molar-refractivity contribution is 5.79. The fourth-order valence-electron chi connectivity index (χ4n) is 3.15. The number of rotatable bonds is 10. The number of benzene rings is 1. The highest BCUT2D eigenvalue weighted by Gasteiger charge is 2.25. The average molecular weight is 364 g/mol. The largest absolute Gasteiger partial charge is 0.454 e. The summed E-state index contributed by atoms with van der Waals surface area (Å²) in [5.41, 5.74) is 1.28. The van der Waals surface area contributed by atoms with Crippen LogP contribution in [0.1, 0.15) is 45.6 Å². The SMILES string of the molecule is CCNC(=NCC(CC)(CC)CCO)NCCc1ccc2c(c1)OCO2. The van der Waals surface area contributed by atoms with Gasteiger partial charge < -0.3 is 25.2 Å². The van der Waals surface area contributed by atoms with Crippen LogP contribution in [0.25, 0.3) is 0 Å². The van der Waals surface area contributed by atoms with Crippen LogP contribution < -0.4 is 20.1 Å². The Bertz CT molecular complexity index is 586. The number of aliphatic imine (C=N–C) groups is 1. The van der Waals surface area contributed by atoms with Crippen LogP contribution in [0.2, 0.25) is 0 Å². The topological polar surface area (TPSA) is 75.1 Å². The molecule has 26 heavy (non-hydrogen) atoms. The predicted molar refractivity (Wildman–Crippen MR) is 105 cm³/mol. The van der Waals surface area contributed by atoms with Gasteiger partial charge in [0.15, 0.2) is 17.5 Å². The highest BCUT2D eigenvalue weighted by Crippen LogP contribution is 2.32. The van der Waals surface area contributed by atoms with Crippen molar-refractivity contribution in [3.8, 4) is 11.5 Å². The van der Waals surface area contributed by atoms with Gasteiger partial charge in [-0.1, -0.05) is 19.9 Å². The Labute approximate surface area is 157 Å². The molecule has 0 aromatic heterocycles. The second-order valence-corrected chi connectivity index (χ2v) is 6.74. The molecule has 1 heterocycles. The molecule has 0 radical (unpaired) electrons. The molecule has 1 aliphatic rings. The minimum atomic E-state index is 0.0778. The van der Waals surface area contributed by atoms with E-state index >= 15 is 0 Å². The van der Waals surface area contributed by atoms with Crippen LogP contribution in [-0.4, -0.2) is 44.1 Å². The van der Waals surface area contributed by atoms with Crippen molar-refractivity contribution in [2.75, 3.05) is 33.0 Å². The molecule has 1 aliphatic heterocycles. The van der Waals surface area contributed by atoms with Gasteiger partial charge in [0.25, 0.3) is 0 Å². The van der Waals surface area contributed by atoms with Crippen molar-refractivity contribution in [1.82, 2.24) is 10.6 Å². The molecule has 0 spiro atoms. The number of hydrogen-bond acceptors (Lipinski definition) is 4. The molecule has 0 saturated heterocycles. The maximum absolute atomic E-state index is 9.37. The van der Waals surface area contributed by atoms with Crippen LogP contribution in [0.3, 0.4) is 0 Å². The Morgan fingerprint density at radius 3 is 2.62 bits per heavy atom. The van der Waals surface area contributed by atoms with Gasteiger partial charge in [-0.05, 0) is 55.7 Å². The summed E-state index contributed by atoms with van der Waals surface area (Å²) in [7, 11) is 0. The van der Waals surface area contributed by atoms with Crippen molar-refractivity contribution in [1.29, 1.82) is 0 Å². The Morgan fingerprint density at radius 1 is 1.15 bits per heavy atom. The maximum Gasteiger partial charge on any atom is 0.231 e. The monoisotopic (exact) mass is 363 g/mol. The molecule has 0 aliphatic carbocycles. The molecule has 6 heteroatoms. The van der Waals surface area contributed by atoms with Gasteiger partial charge in [0.2, 0.25) is 6.79 Å². The van der Waals surface area contributed by atoms with E-state index in [9.17, 15) is 5.11 Å². The van der Waals surface area contributed by atoms with Gasteiger partial charge in [0, 0.05) is 26.2 Å². The first-order valence-electron chi connectivity index (χ1n) is 9.68. The molecule has 2 rings (SSSR count). The minimum absolute atomic E-state index is 0.0778. The van der Waals surface area contributed by atoms with Gasteiger partial charge in [0.1, 0.15) is 0 Å². The van der Waals surface area contributed by atoms with E-state index in [1.807, 2.05) is 12.1 Å². The molecule has 146 valence electrons. The Morgan fingerprint density at radius 2 is 1.92 bits per heavy atom. The molecule has 0 saturated carbocycles. The molecule has 0 atom stereocenters. The van der Waals surface area contributed by atoms with Crippen molar-refractivity contribution in [2.45, 2.75) is 46.5 Å². The molecule has 6 nitrogen and oxygen atoms in total. The number of aliphatic hydroxyl groups excluding tert-OH is 1. The summed E-state index contributed by atoms with van der Waals surface area (Å²) in [6.07, 6.45) is 3.71. The van der Waals surface area contributed by atoms with Crippen LogP contribution >= 0.6 is 0 Å². The molecule has 0 bridgehead atoms. The maximum atomic E-state index is 9.37. The van der Waals surface area contributed by atoms with Gasteiger partial charge in [-0.15, -0.1) is 0 Å². The van der Waals surface area contributed by atoms with Crippen molar-refractivity contribution in [2.24, 2.45) is 10.4 Å². The lowest BCUT2D eigenvalue weighted by Crippen LogP contribution is -2.39. The third-order valence-electron chi connectivity index (χ3n) is 5.20. The number of fused-ring (bicyclic) bond motifs is 1. The van der Waals surface area contributed by atoms with E-state index in [1.165, 1.54) is 5.56 Å². The number of hydrogen-bond donors (Lipinski definition) is 3. The third kappa shape index (κ3) is 5.53. The van der Waals surface area contributed by atoms with Crippen LogP contribution in [0.15, 0.2) is 23.2 Å². The van der Waals surface area contributed by atoms with Gasteiger partial charge in [-0.3, -0.25) is 4.99 Å². The molecular weight excluding hydrogens is 330 g/mol. The lowest BCUT2D eigenvalue weighted by atomic mass is 9.79. The number of nitrogens with one attached hydrogen (secondary N) is 2. The summed E-state index contributed by atoms with van der Waals surface area (Å²) in [5.74, 6) is 2.47. The van der Waals surface area contributed by atoms with E-state index in [1.54, 1.807) is 0 Å². The number of guanidine groups is 1. The van der Waals surface area contributed by atoms with Gasteiger partial charge in [-0.25, -0.2) is 0 Å². The standard InChI is InChI=1S/C20H33N3O3/c1-4-20(5-2,10-12-24)14-23-19(21-6-3)22-11-9-16-7-8-17-18(13-16)26-15-25-17/h7-8,13,24H,4-6,9-12,14-15H2,1-3H3,(H2,21,22,23). The first-order valence-corrected chi connectivity index (χ1v) is 9.68. The average Bonchev–Trinajstić information content (AvgIpc) is 3.13. The second kappa shape index (κ2) is 10.3. The fraction of sp³-hybridized carbons (Fsp3) is 0.650. The summed E-state index contributed by atoms with van der Waals surface area (Å²) in [5, 5.41) is 16.1. The Balaban J connectivity index is 1.90. The molecule has 0 amide bonds. The molecule has 1 aromatic rings. The first kappa shape index (κ1) is 20.4. The smallest absolute Gasteiger partial charge is 0.231 e. The Hall–Kier alpha value is -1.95. The molecule has 0 unspecified atom stereocenters. The van der Waals surface area contributed by atoms with Gasteiger partial charge in [0.05, 0.1) is 0 Å². The summed E-state index contributed by atoms with van der Waals surface area (Å²) in [6.45, 7) is 9.26. The normalized spacial score (nSPS) is 13.8. The number of nitrogens with zero attached hydrogens (tertiary/aromatic N) is 1. The summed E-state index contributed by atoms with van der Waals surface area (Å²) >= 11 is 0. The van der Waals surface area contributed by atoms with E-state index in [2.05, 4.69) is 37.5 Å². The van der Waals surface area contributed by atoms with Crippen LogP contribution in [0.4, 0.5) is 0 Å². The molecule has 0 fully saturated rings. The van der Waals surface area contributed by atoms with E-state index in [0.29, 0.717) is 6.79 Å². The second-order valence-electron chi connectivity index (χ2n) is 6.74. The molecular formula is C20H33N3O3. The fourth-order valence-corrected chi connectivity index (χ4v) is 3.15.